The molecule has 26 heavy (non-hydrogen) atoms. The Hall–Kier alpha value is -2.54. The molecule has 138 valence electrons. The summed E-state index contributed by atoms with van der Waals surface area (Å²) < 4.78 is 16.4. The van der Waals surface area contributed by atoms with E-state index < -0.39 is 29.5 Å². The highest BCUT2D eigenvalue weighted by Crippen LogP contribution is 2.51. The molecule has 7 nitrogen and oxygen atoms in total. The maximum Gasteiger partial charge on any atom is 0.310 e. The van der Waals surface area contributed by atoms with Gasteiger partial charge in [0, 0.05) is 6.54 Å². The second kappa shape index (κ2) is 6.02. The molecule has 4 atom stereocenters. The lowest BCUT2D eigenvalue weighted by molar-refractivity contribution is -0.148. The quantitative estimate of drug-likeness (QED) is 0.766. The molecule has 1 spiro atoms. The van der Waals surface area contributed by atoms with Crippen LogP contribution in [-0.2, 0) is 20.7 Å². The van der Waals surface area contributed by atoms with Gasteiger partial charge in [0.1, 0.15) is 11.5 Å². The summed E-state index contributed by atoms with van der Waals surface area (Å²) >= 11 is 0. The minimum atomic E-state index is -0.971. The van der Waals surface area contributed by atoms with Gasteiger partial charge in [0.15, 0.2) is 11.5 Å². The third kappa shape index (κ3) is 2.38. The van der Waals surface area contributed by atoms with E-state index in [1.807, 2.05) is 24.3 Å². The van der Waals surface area contributed by atoms with Gasteiger partial charge in [0.05, 0.1) is 32.8 Å². The molecule has 3 aliphatic rings. The number of aliphatic carboxylic acids is 1. The van der Waals surface area contributed by atoms with E-state index in [1.54, 1.807) is 25.2 Å². The van der Waals surface area contributed by atoms with Crippen LogP contribution >= 0.6 is 0 Å². The second-order valence-corrected chi connectivity index (χ2v) is 6.94. The van der Waals surface area contributed by atoms with Crippen LogP contribution in [0.3, 0.4) is 0 Å². The number of carboxylic acids is 1. The molecule has 3 aliphatic heterocycles. The molecule has 0 aliphatic carbocycles. The van der Waals surface area contributed by atoms with Gasteiger partial charge >= 0.3 is 5.97 Å². The fourth-order valence-electron chi connectivity index (χ4n) is 4.35. The number of hydrogen-bond donors (Lipinski definition) is 1. The van der Waals surface area contributed by atoms with Crippen molar-refractivity contribution in [1.29, 1.82) is 0 Å². The van der Waals surface area contributed by atoms with Crippen LogP contribution in [0.5, 0.6) is 11.5 Å². The largest absolute Gasteiger partial charge is 0.493 e. The Morgan fingerprint density at radius 2 is 2.12 bits per heavy atom. The number of rotatable bonds is 6. The van der Waals surface area contributed by atoms with E-state index in [2.05, 4.69) is 0 Å². The summed E-state index contributed by atoms with van der Waals surface area (Å²) in [4.78, 5) is 26.1. The zero-order chi connectivity index (χ0) is 18.5. The number of likely N-dealkylation sites (tertiary alicyclic amines) is 1. The zero-order valence-corrected chi connectivity index (χ0v) is 14.7. The minimum absolute atomic E-state index is 0.135. The van der Waals surface area contributed by atoms with Crippen LogP contribution < -0.4 is 9.47 Å². The van der Waals surface area contributed by atoms with Crippen LogP contribution in [0.25, 0.3) is 0 Å². The number of nitrogens with zero attached hydrogens (tertiary/aromatic N) is 1. The molecular weight excluding hydrogens is 338 g/mol. The molecule has 0 radical (unpaired) electrons. The number of amides is 1. The first-order chi connectivity index (χ1) is 12.5. The van der Waals surface area contributed by atoms with Crippen molar-refractivity contribution >= 4 is 11.9 Å². The number of carbonyl (C=O) groups is 2. The van der Waals surface area contributed by atoms with Crippen molar-refractivity contribution in [2.45, 2.75) is 18.1 Å². The van der Waals surface area contributed by atoms with Gasteiger partial charge in [-0.1, -0.05) is 18.2 Å². The van der Waals surface area contributed by atoms with E-state index in [1.165, 1.54) is 0 Å². The average Bonchev–Trinajstić information content (AvgIpc) is 3.27. The molecule has 2 fully saturated rings. The van der Waals surface area contributed by atoms with Crippen LogP contribution in [-0.4, -0.2) is 60.9 Å². The molecule has 0 aromatic heterocycles. The molecule has 0 saturated carbocycles. The fourth-order valence-corrected chi connectivity index (χ4v) is 4.35. The average molecular weight is 359 g/mol. The lowest BCUT2D eigenvalue weighted by Gasteiger charge is -2.21. The normalized spacial score (nSPS) is 31.4. The maximum atomic E-state index is 12.8. The van der Waals surface area contributed by atoms with Crippen molar-refractivity contribution in [3.63, 3.8) is 0 Å². The predicted octanol–water partition coefficient (Wildman–Crippen LogP) is 1.11. The van der Waals surface area contributed by atoms with Crippen molar-refractivity contribution in [2.75, 3.05) is 27.3 Å². The summed E-state index contributed by atoms with van der Waals surface area (Å²) in [5.74, 6) is -1.23. The first kappa shape index (κ1) is 16.9. The highest BCUT2D eigenvalue weighted by Gasteiger charge is 2.66. The van der Waals surface area contributed by atoms with Crippen LogP contribution in [0.2, 0.25) is 0 Å². The van der Waals surface area contributed by atoms with Gasteiger partial charge in [-0.05, 0) is 24.1 Å². The second-order valence-electron chi connectivity index (χ2n) is 6.94. The smallest absolute Gasteiger partial charge is 0.310 e. The van der Waals surface area contributed by atoms with Gasteiger partial charge in [-0.15, -0.1) is 0 Å². The maximum absolute atomic E-state index is 12.8. The van der Waals surface area contributed by atoms with E-state index in [4.69, 9.17) is 14.2 Å². The van der Waals surface area contributed by atoms with Crippen molar-refractivity contribution in [1.82, 2.24) is 4.90 Å². The van der Waals surface area contributed by atoms with Crippen LogP contribution in [0.4, 0.5) is 0 Å². The van der Waals surface area contributed by atoms with Gasteiger partial charge in [-0.25, -0.2) is 0 Å². The third-order valence-electron chi connectivity index (χ3n) is 5.58. The summed E-state index contributed by atoms with van der Waals surface area (Å²) in [5.41, 5.74) is 0.239. The number of hydrogen-bond acceptors (Lipinski definition) is 5. The molecule has 7 heteroatoms. The summed E-state index contributed by atoms with van der Waals surface area (Å²) in [6.07, 6.45) is 3.80. The lowest BCUT2D eigenvalue weighted by atomic mass is 9.77. The van der Waals surface area contributed by atoms with E-state index in [9.17, 15) is 14.7 Å². The van der Waals surface area contributed by atoms with Crippen molar-refractivity contribution < 1.29 is 28.9 Å². The molecule has 2 saturated heterocycles. The minimum Gasteiger partial charge on any atom is -0.493 e. The number of benzene rings is 1. The number of carboxylic acid groups (broad SMARTS) is 1. The van der Waals surface area contributed by atoms with E-state index in [-0.39, 0.29) is 5.91 Å². The van der Waals surface area contributed by atoms with Gasteiger partial charge in [0.25, 0.3) is 0 Å². The first-order valence-corrected chi connectivity index (χ1v) is 8.59. The van der Waals surface area contributed by atoms with Crippen LogP contribution in [0.1, 0.15) is 5.56 Å². The number of fused-ring (bicyclic) bond motifs is 1. The van der Waals surface area contributed by atoms with Crippen LogP contribution in [0, 0.1) is 11.8 Å². The Balaban J connectivity index is 1.48. The SMILES string of the molecule is COc1ccc(CCN2C[C@]34C=C[C@@H](O3)[C@H](C(=O)O)[C@@H]4C2=O)cc1OC. The molecule has 1 aromatic carbocycles. The summed E-state index contributed by atoms with van der Waals surface area (Å²) in [6, 6.07) is 5.66. The fraction of sp³-hybridized carbons (Fsp3) is 0.474. The number of methoxy groups -OCH3 is 2. The molecule has 1 aromatic rings. The Morgan fingerprint density at radius 3 is 2.81 bits per heavy atom. The molecule has 1 N–H and O–H groups in total. The molecule has 4 rings (SSSR count). The highest BCUT2D eigenvalue weighted by molar-refractivity contribution is 5.90. The van der Waals surface area contributed by atoms with Gasteiger partial charge in [-0.3, -0.25) is 9.59 Å². The van der Waals surface area contributed by atoms with Gasteiger partial charge in [-0.2, -0.15) is 0 Å². The van der Waals surface area contributed by atoms with E-state index >= 15 is 0 Å². The molecule has 2 bridgehead atoms. The topological polar surface area (TPSA) is 85.3 Å². The molecule has 0 unspecified atom stereocenters. The van der Waals surface area contributed by atoms with Crippen LogP contribution in [0.15, 0.2) is 30.4 Å². The van der Waals surface area contributed by atoms with E-state index in [0.717, 1.165) is 5.56 Å². The standard InChI is InChI=1S/C19H21NO6/c1-24-12-4-3-11(9-14(12)25-2)6-8-20-10-19-7-5-13(26-19)15(18(22)23)16(19)17(20)21/h3-5,7,9,13,15-16H,6,8,10H2,1-2H3,(H,22,23)/t13-,15+,16-,19+/m1/s1. The summed E-state index contributed by atoms with van der Waals surface area (Å²) in [7, 11) is 3.16. The Morgan fingerprint density at radius 1 is 1.35 bits per heavy atom. The summed E-state index contributed by atoms with van der Waals surface area (Å²) in [5, 5.41) is 9.49. The Kier molecular flexibility index (Phi) is 3.91. The zero-order valence-electron chi connectivity index (χ0n) is 14.7. The molecule has 1 amide bonds. The Bertz CT molecular complexity index is 790. The monoisotopic (exact) mass is 359 g/mol. The molecule has 3 heterocycles. The highest BCUT2D eigenvalue weighted by atomic mass is 16.5. The van der Waals surface area contributed by atoms with Crippen molar-refractivity contribution in [2.24, 2.45) is 11.8 Å². The van der Waals surface area contributed by atoms with Gasteiger partial charge in [0.2, 0.25) is 5.91 Å². The predicted molar refractivity (Wildman–Crippen MR) is 91.2 cm³/mol. The van der Waals surface area contributed by atoms with Gasteiger partial charge < -0.3 is 24.2 Å². The van der Waals surface area contributed by atoms with Crippen molar-refractivity contribution in [3.8, 4) is 11.5 Å². The molecular formula is C19H21NO6. The Labute approximate surface area is 151 Å². The number of carbonyl (C=O) groups excluding carboxylic acids is 1. The first-order valence-electron chi connectivity index (χ1n) is 8.59. The number of ether oxygens (including phenoxy) is 3. The van der Waals surface area contributed by atoms with E-state index in [0.29, 0.717) is 31.0 Å². The third-order valence-corrected chi connectivity index (χ3v) is 5.58. The lowest BCUT2D eigenvalue weighted by Crippen LogP contribution is -2.39. The van der Waals surface area contributed by atoms with Crippen molar-refractivity contribution in [3.05, 3.63) is 35.9 Å². The summed E-state index contributed by atoms with van der Waals surface area (Å²) in [6.45, 7) is 0.904.